The van der Waals surface area contributed by atoms with E-state index in [1.54, 1.807) is 17.0 Å². The fourth-order valence-corrected chi connectivity index (χ4v) is 5.02. The Morgan fingerprint density at radius 3 is 2.82 bits per heavy atom. The summed E-state index contributed by atoms with van der Waals surface area (Å²) in [5.74, 6) is -1.84. The van der Waals surface area contributed by atoms with E-state index >= 15 is 4.39 Å². The molecule has 2 atom stereocenters. The number of methoxy groups -OCH3 is 1. The molecule has 1 aromatic carbocycles. The largest absolute Gasteiger partial charge is 0.492 e. The third-order valence-corrected chi connectivity index (χ3v) is 6.75. The molecule has 4 heterocycles. The second-order valence-corrected chi connectivity index (χ2v) is 8.83. The van der Waals surface area contributed by atoms with Crippen molar-refractivity contribution in [1.29, 1.82) is 0 Å². The van der Waals surface area contributed by atoms with E-state index in [9.17, 15) is 14.7 Å². The molecule has 0 bridgehead atoms. The van der Waals surface area contributed by atoms with E-state index in [0.717, 1.165) is 30.2 Å². The molecule has 0 amide bonds. The molecular weight excluding hydrogens is 443 g/mol. The van der Waals surface area contributed by atoms with Gasteiger partial charge < -0.3 is 24.1 Å². The summed E-state index contributed by atoms with van der Waals surface area (Å²) < 4.78 is 23.0. The molecule has 174 valence electrons. The predicted octanol–water partition coefficient (Wildman–Crippen LogP) is 2.82. The average Bonchev–Trinajstić information content (AvgIpc) is 3.47. The molecule has 6 rings (SSSR count). The maximum Gasteiger partial charge on any atom is 0.341 e. The van der Waals surface area contributed by atoms with Crippen molar-refractivity contribution in [3.05, 3.63) is 64.0 Å². The van der Waals surface area contributed by atoms with Gasteiger partial charge in [-0.25, -0.2) is 9.18 Å². The molecule has 2 aliphatic heterocycles. The van der Waals surface area contributed by atoms with Crippen molar-refractivity contribution in [3.8, 4) is 5.75 Å². The second-order valence-electron chi connectivity index (χ2n) is 8.83. The number of carboxylic acid groups (broad SMARTS) is 1. The van der Waals surface area contributed by atoms with Gasteiger partial charge in [0.1, 0.15) is 11.3 Å². The van der Waals surface area contributed by atoms with Crippen LogP contribution in [0.2, 0.25) is 0 Å². The lowest BCUT2D eigenvalue weighted by atomic mass is 9.96. The zero-order valence-corrected chi connectivity index (χ0v) is 18.3. The Labute approximate surface area is 193 Å². The van der Waals surface area contributed by atoms with Crippen LogP contribution in [-0.2, 0) is 4.84 Å². The number of aromatic nitrogens is 2. The Hall–Kier alpha value is -3.95. The van der Waals surface area contributed by atoms with Crippen molar-refractivity contribution in [2.45, 2.75) is 25.0 Å². The highest BCUT2D eigenvalue weighted by Crippen LogP contribution is 2.45. The first-order valence-electron chi connectivity index (χ1n) is 11.1. The molecule has 34 heavy (non-hydrogen) atoms. The first-order valence-corrected chi connectivity index (χ1v) is 11.1. The van der Waals surface area contributed by atoms with E-state index in [1.165, 1.54) is 13.3 Å². The van der Waals surface area contributed by atoms with Crippen molar-refractivity contribution < 1.29 is 23.9 Å². The van der Waals surface area contributed by atoms with Crippen LogP contribution in [-0.4, -0.2) is 52.6 Å². The molecule has 2 aromatic heterocycles. The fraction of sp³-hybridized carbons (Fsp3) is 0.333. The van der Waals surface area contributed by atoms with Crippen molar-refractivity contribution >= 4 is 28.3 Å². The van der Waals surface area contributed by atoms with E-state index in [1.807, 2.05) is 17.0 Å². The zero-order valence-electron chi connectivity index (χ0n) is 18.3. The van der Waals surface area contributed by atoms with Crippen molar-refractivity contribution in [1.82, 2.24) is 9.55 Å². The Morgan fingerprint density at radius 2 is 2.15 bits per heavy atom. The van der Waals surface area contributed by atoms with E-state index in [4.69, 9.17) is 9.57 Å². The SMILES string of the molecule is COc1c(N2C[C@@H]3ON=C(c4cccnc4)[C@@H]3C2)c(F)cc2c(=O)c(C(=O)O)cn(C3CC3)c12. The number of nitrogens with zero attached hydrogens (tertiary/aromatic N) is 4. The molecule has 3 aliphatic rings. The summed E-state index contributed by atoms with van der Waals surface area (Å²) >= 11 is 0. The van der Waals surface area contributed by atoms with Crippen molar-refractivity contribution in [3.63, 3.8) is 0 Å². The molecule has 1 saturated carbocycles. The maximum atomic E-state index is 15.6. The molecular formula is C24H21FN4O5. The minimum atomic E-state index is -1.34. The van der Waals surface area contributed by atoms with Gasteiger partial charge in [0, 0.05) is 36.7 Å². The van der Waals surface area contributed by atoms with Gasteiger partial charge in [-0.1, -0.05) is 5.16 Å². The number of hydrogen-bond acceptors (Lipinski definition) is 7. The summed E-state index contributed by atoms with van der Waals surface area (Å²) in [6.45, 7) is 0.829. The fourth-order valence-electron chi connectivity index (χ4n) is 5.02. The number of anilines is 1. The highest BCUT2D eigenvalue weighted by Gasteiger charge is 2.44. The number of carboxylic acids is 1. The summed E-state index contributed by atoms with van der Waals surface area (Å²) in [7, 11) is 1.43. The van der Waals surface area contributed by atoms with Gasteiger partial charge in [-0.2, -0.15) is 0 Å². The van der Waals surface area contributed by atoms with Gasteiger partial charge in [-0.3, -0.25) is 9.78 Å². The van der Waals surface area contributed by atoms with E-state index in [2.05, 4.69) is 10.1 Å². The van der Waals surface area contributed by atoms with Gasteiger partial charge in [-0.15, -0.1) is 0 Å². The van der Waals surface area contributed by atoms with E-state index in [0.29, 0.717) is 18.6 Å². The van der Waals surface area contributed by atoms with Crippen LogP contribution in [0, 0.1) is 11.7 Å². The van der Waals surface area contributed by atoms with Crippen LogP contribution in [0.1, 0.15) is 34.8 Å². The topological polar surface area (TPSA) is 106 Å². The number of oxime groups is 1. The third kappa shape index (κ3) is 3.05. The van der Waals surface area contributed by atoms with Gasteiger partial charge in [-0.05, 0) is 31.0 Å². The monoisotopic (exact) mass is 464 g/mol. The van der Waals surface area contributed by atoms with Crippen LogP contribution < -0.4 is 15.1 Å². The minimum Gasteiger partial charge on any atom is -0.492 e. The Balaban J connectivity index is 1.47. The minimum absolute atomic E-state index is 0.00171. The third-order valence-electron chi connectivity index (χ3n) is 6.75. The summed E-state index contributed by atoms with van der Waals surface area (Å²) in [6.07, 6.45) is 6.19. The Bertz CT molecular complexity index is 1420. The number of rotatable bonds is 5. The first kappa shape index (κ1) is 20.6. The van der Waals surface area contributed by atoms with Gasteiger partial charge in [0.15, 0.2) is 17.7 Å². The second kappa shape index (κ2) is 7.54. The molecule has 1 N–H and O–H groups in total. The van der Waals surface area contributed by atoms with E-state index in [-0.39, 0.29) is 40.5 Å². The molecule has 0 unspecified atom stereocenters. The lowest BCUT2D eigenvalue weighted by molar-refractivity contribution is 0.0694. The van der Waals surface area contributed by atoms with Crippen LogP contribution in [0.15, 0.2) is 46.7 Å². The zero-order chi connectivity index (χ0) is 23.6. The van der Waals surface area contributed by atoms with Gasteiger partial charge in [0.2, 0.25) is 5.43 Å². The van der Waals surface area contributed by atoms with Crippen molar-refractivity contribution in [2.24, 2.45) is 11.1 Å². The summed E-state index contributed by atoms with van der Waals surface area (Å²) in [5.41, 5.74) is 1.16. The van der Waals surface area contributed by atoms with Crippen molar-refractivity contribution in [2.75, 3.05) is 25.1 Å². The maximum absolute atomic E-state index is 15.6. The summed E-state index contributed by atoms with van der Waals surface area (Å²) in [5, 5.41) is 13.7. The highest BCUT2D eigenvalue weighted by molar-refractivity contribution is 6.04. The number of halogens is 1. The number of aromatic carboxylic acids is 1. The number of fused-ring (bicyclic) bond motifs is 2. The van der Waals surface area contributed by atoms with Crippen LogP contribution in [0.25, 0.3) is 10.9 Å². The average molecular weight is 464 g/mol. The molecule has 1 saturated heterocycles. The first-order chi connectivity index (χ1) is 16.5. The Kier molecular flexibility index (Phi) is 4.58. The van der Waals surface area contributed by atoms with Crippen LogP contribution in [0.4, 0.5) is 10.1 Å². The lowest BCUT2D eigenvalue weighted by Gasteiger charge is -2.25. The normalized spacial score (nSPS) is 21.4. The number of hydrogen-bond donors (Lipinski definition) is 1. The molecule has 0 radical (unpaired) electrons. The van der Waals surface area contributed by atoms with Gasteiger partial charge >= 0.3 is 5.97 Å². The van der Waals surface area contributed by atoms with E-state index < -0.39 is 17.2 Å². The predicted molar refractivity (Wildman–Crippen MR) is 121 cm³/mol. The molecule has 2 fully saturated rings. The number of carbonyl (C=O) groups is 1. The molecule has 9 nitrogen and oxygen atoms in total. The molecule has 1 aliphatic carbocycles. The number of ether oxygens (including phenoxy) is 1. The number of pyridine rings is 2. The Morgan fingerprint density at radius 1 is 1.32 bits per heavy atom. The quantitative estimate of drug-likeness (QED) is 0.619. The summed E-state index contributed by atoms with van der Waals surface area (Å²) in [4.78, 5) is 36.2. The van der Waals surface area contributed by atoms with Gasteiger partial charge in [0.05, 0.1) is 36.2 Å². The van der Waals surface area contributed by atoms with Crippen LogP contribution in [0.3, 0.4) is 0 Å². The smallest absolute Gasteiger partial charge is 0.341 e. The van der Waals surface area contributed by atoms with Crippen LogP contribution in [0.5, 0.6) is 5.75 Å². The van der Waals surface area contributed by atoms with Crippen LogP contribution >= 0.6 is 0 Å². The lowest BCUT2D eigenvalue weighted by Crippen LogP contribution is -2.26. The van der Waals surface area contributed by atoms with Gasteiger partial charge in [0.25, 0.3) is 0 Å². The number of benzene rings is 1. The molecule has 3 aromatic rings. The highest BCUT2D eigenvalue weighted by atomic mass is 19.1. The molecule has 10 heteroatoms. The summed E-state index contributed by atoms with van der Waals surface area (Å²) in [6, 6.07) is 4.91. The standard InChI is InChI=1S/C24H21FN4O5/c1-33-23-20-14(22(30)16(24(31)32)10-29(20)13-4-5-13)7-17(25)21(23)28-9-15-18(11-28)34-27-19(15)12-3-2-6-26-8-12/h2-3,6-8,10,13,15,18H,4-5,9,11H2,1H3,(H,31,32)/t15-,18+/m1/s1. The molecule has 0 spiro atoms.